The molecule has 6 nitrogen and oxygen atoms in total. The Kier molecular flexibility index (Phi) is 3.19. The predicted molar refractivity (Wildman–Crippen MR) is 58.5 cm³/mol. The first kappa shape index (κ1) is 11.1. The lowest BCUT2D eigenvalue weighted by atomic mass is 9.75. The molecule has 1 saturated carbocycles. The van der Waals surface area contributed by atoms with Gasteiger partial charge in [0.25, 0.3) is 0 Å². The molecule has 0 aromatic carbocycles. The maximum absolute atomic E-state index is 11.5. The summed E-state index contributed by atoms with van der Waals surface area (Å²) in [5, 5.41) is 9.32. The van der Waals surface area contributed by atoms with Crippen LogP contribution in [0.3, 0.4) is 0 Å². The first-order chi connectivity index (χ1) is 7.68. The molecule has 1 aromatic rings. The monoisotopic (exact) mass is 223 g/mol. The van der Waals surface area contributed by atoms with Crippen molar-refractivity contribution in [1.29, 1.82) is 0 Å². The molecule has 16 heavy (non-hydrogen) atoms. The van der Waals surface area contributed by atoms with E-state index in [0.717, 1.165) is 25.1 Å². The molecular weight excluding hydrogens is 206 g/mol. The quantitative estimate of drug-likeness (QED) is 0.640. The summed E-state index contributed by atoms with van der Waals surface area (Å²) >= 11 is 0. The molecule has 1 heterocycles. The minimum Gasteiger partial charge on any atom is -0.356 e. The SMILES string of the molecule is NC1(CC(=O)NCCc2ncn[nH]2)CCC1. The van der Waals surface area contributed by atoms with Crippen LogP contribution in [-0.2, 0) is 11.2 Å². The first-order valence-electron chi connectivity index (χ1n) is 5.58. The molecule has 0 bridgehead atoms. The Bertz CT molecular complexity index is 344. The van der Waals surface area contributed by atoms with Crippen LogP contribution in [0, 0.1) is 0 Å². The topological polar surface area (TPSA) is 96.7 Å². The van der Waals surface area contributed by atoms with E-state index in [1.807, 2.05) is 0 Å². The maximum Gasteiger partial charge on any atom is 0.221 e. The third kappa shape index (κ3) is 2.79. The Morgan fingerprint density at radius 3 is 3.00 bits per heavy atom. The molecule has 1 fully saturated rings. The van der Waals surface area contributed by atoms with Crippen LogP contribution in [0.25, 0.3) is 0 Å². The van der Waals surface area contributed by atoms with Crippen molar-refractivity contribution < 1.29 is 4.79 Å². The van der Waals surface area contributed by atoms with Gasteiger partial charge in [-0.05, 0) is 19.3 Å². The fourth-order valence-electron chi connectivity index (χ4n) is 1.86. The highest BCUT2D eigenvalue weighted by Crippen LogP contribution is 2.31. The minimum absolute atomic E-state index is 0.0294. The molecule has 0 atom stereocenters. The number of amides is 1. The molecule has 0 aliphatic heterocycles. The van der Waals surface area contributed by atoms with E-state index in [4.69, 9.17) is 5.73 Å². The number of H-pyrrole nitrogens is 1. The summed E-state index contributed by atoms with van der Waals surface area (Å²) in [6.07, 6.45) is 5.63. The molecule has 2 rings (SSSR count). The van der Waals surface area contributed by atoms with Crippen LogP contribution in [0.2, 0.25) is 0 Å². The van der Waals surface area contributed by atoms with Gasteiger partial charge in [-0.25, -0.2) is 4.98 Å². The van der Waals surface area contributed by atoms with E-state index in [2.05, 4.69) is 20.5 Å². The second-order valence-corrected chi connectivity index (χ2v) is 4.42. The zero-order valence-corrected chi connectivity index (χ0v) is 9.20. The van der Waals surface area contributed by atoms with Gasteiger partial charge in [0.15, 0.2) is 0 Å². The zero-order chi connectivity index (χ0) is 11.4. The first-order valence-corrected chi connectivity index (χ1v) is 5.58. The van der Waals surface area contributed by atoms with Crippen molar-refractivity contribution >= 4 is 5.91 Å². The Morgan fingerprint density at radius 1 is 1.62 bits per heavy atom. The molecule has 1 amide bonds. The van der Waals surface area contributed by atoms with Crippen LogP contribution in [0.4, 0.5) is 0 Å². The van der Waals surface area contributed by atoms with Crippen LogP contribution < -0.4 is 11.1 Å². The Labute approximate surface area is 94.0 Å². The number of hydrogen-bond donors (Lipinski definition) is 3. The number of hydrogen-bond acceptors (Lipinski definition) is 4. The molecule has 1 aliphatic rings. The summed E-state index contributed by atoms with van der Waals surface area (Å²) in [4.78, 5) is 15.5. The highest BCUT2D eigenvalue weighted by atomic mass is 16.1. The molecule has 0 radical (unpaired) electrons. The van der Waals surface area contributed by atoms with Gasteiger partial charge in [-0.1, -0.05) is 0 Å². The number of nitrogens with two attached hydrogens (primary N) is 1. The molecule has 0 unspecified atom stereocenters. The van der Waals surface area contributed by atoms with E-state index in [9.17, 15) is 4.79 Å². The summed E-state index contributed by atoms with van der Waals surface area (Å²) in [5.41, 5.74) is 5.74. The number of carbonyl (C=O) groups excluding carboxylic acids is 1. The van der Waals surface area contributed by atoms with Crippen LogP contribution >= 0.6 is 0 Å². The number of nitrogens with zero attached hydrogens (tertiary/aromatic N) is 2. The van der Waals surface area contributed by atoms with Gasteiger partial charge in [0.05, 0.1) is 0 Å². The van der Waals surface area contributed by atoms with Gasteiger partial charge in [0.2, 0.25) is 5.91 Å². The molecule has 0 spiro atoms. The normalized spacial score (nSPS) is 17.8. The number of aromatic nitrogens is 3. The van der Waals surface area contributed by atoms with Gasteiger partial charge < -0.3 is 11.1 Å². The summed E-state index contributed by atoms with van der Waals surface area (Å²) in [6, 6.07) is 0. The molecule has 1 aliphatic carbocycles. The van der Waals surface area contributed by atoms with Crippen LogP contribution in [-0.4, -0.2) is 33.2 Å². The smallest absolute Gasteiger partial charge is 0.221 e. The van der Waals surface area contributed by atoms with Gasteiger partial charge in [-0.3, -0.25) is 9.89 Å². The molecule has 0 saturated heterocycles. The molecule has 1 aromatic heterocycles. The third-order valence-corrected chi connectivity index (χ3v) is 3.01. The highest BCUT2D eigenvalue weighted by Gasteiger charge is 2.34. The highest BCUT2D eigenvalue weighted by molar-refractivity contribution is 5.77. The number of nitrogens with one attached hydrogen (secondary N) is 2. The summed E-state index contributed by atoms with van der Waals surface area (Å²) < 4.78 is 0. The van der Waals surface area contributed by atoms with Crippen LogP contribution in [0.15, 0.2) is 6.33 Å². The maximum atomic E-state index is 11.5. The van der Waals surface area contributed by atoms with Crippen molar-refractivity contribution in [2.24, 2.45) is 5.73 Å². The van der Waals surface area contributed by atoms with E-state index in [1.165, 1.54) is 6.33 Å². The van der Waals surface area contributed by atoms with Crippen LogP contribution in [0.1, 0.15) is 31.5 Å². The molecule has 4 N–H and O–H groups in total. The lowest BCUT2D eigenvalue weighted by Gasteiger charge is -2.37. The van der Waals surface area contributed by atoms with Gasteiger partial charge in [-0.2, -0.15) is 5.10 Å². The number of aromatic amines is 1. The Balaban J connectivity index is 1.64. The van der Waals surface area contributed by atoms with Crippen molar-refractivity contribution in [3.8, 4) is 0 Å². The van der Waals surface area contributed by atoms with Gasteiger partial charge in [0.1, 0.15) is 12.2 Å². The standard InChI is InChI=1S/C10H17N5O/c11-10(3-1-4-10)6-9(16)12-5-2-8-13-7-14-15-8/h7H,1-6,11H2,(H,12,16)(H,13,14,15). The van der Waals surface area contributed by atoms with Crippen molar-refractivity contribution in [2.45, 2.75) is 37.6 Å². The number of rotatable bonds is 5. The van der Waals surface area contributed by atoms with Crippen LogP contribution in [0.5, 0.6) is 0 Å². The summed E-state index contributed by atoms with van der Waals surface area (Å²) in [6.45, 7) is 0.574. The molecule has 88 valence electrons. The van der Waals surface area contributed by atoms with Gasteiger partial charge in [0, 0.05) is 24.9 Å². The lowest BCUT2D eigenvalue weighted by Crippen LogP contribution is -2.50. The van der Waals surface area contributed by atoms with E-state index in [1.54, 1.807) is 0 Å². The average Bonchev–Trinajstić information content (AvgIpc) is 2.68. The van der Waals surface area contributed by atoms with Crippen molar-refractivity contribution in [2.75, 3.05) is 6.54 Å². The second-order valence-electron chi connectivity index (χ2n) is 4.42. The van der Waals surface area contributed by atoms with E-state index in [0.29, 0.717) is 19.4 Å². The van der Waals surface area contributed by atoms with Gasteiger partial charge >= 0.3 is 0 Å². The largest absolute Gasteiger partial charge is 0.356 e. The number of carbonyl (C=O) groups is 1. The zero-order valence-electron chi connectivity index (χ0n) is 9.20. The second kappa shape index (κ2) is 4.61. The lowest BCUT2D eigenvalue weighted by molar-refractivity contribution is -0.122. The molecule has 6 heteroatoms. The van der Waals surface area contributed by atoms with Gasteiger partial charge in [-0.15, -0.1) is 0 Å². The predicted octanol–water partition coefficient (Wildman–Crippen LogP) is -0.265. The van der Waals surface area contributed by atoms with Crippen molar-refractivity contribution in [3.05, 3.63) is 12.2 Å². The fourth-order valence-corrected chi connectivity index (χ4v) is 1.86. The van der Waals surface area contributed by atoms with Crippen molar-refractivity contribution in [1.82, 2.24) is 20.5 Å². The Morgan fingerprint density at radius 2 is 2.44 bits per heavy atom. The molecular formula is C10H17N5O. The van der Waals surface area contributed by atoms with E-state index >= 15 is 0 Å². The summed E-state index contributed by atoms with van der Waals surface area (Å²) in [7, 11) is 0. The van der Waals surface area contributed by atoms with E-state index in [-0.39, 0.29) is 11.4 Å². The minimum atomic E-state index is -0.240. The summed E-state index contributed by atoms with van der Waals surface area (Å²) in [5.74, 6) is 0.813. The van der Waals surface area contributed by atoms with E-state index < -0.39 is 0 Å². The fraction of sp³-hybridized carbons (Fsp3) is 0.700. The average molecular weight is 223 g/mol. The Hall–Kier alpha value is -1.43. The third-order valence-electron chi connectivity index (χ3n) is 3.01. The van der Waals surface area contributed by atoms with Crippen molar-refractivity contribution in [3.63, 3.8) is 0 Å².